The Balaban J connectivity index is 2.36. The van der Waals surface area contributed by atoms with Crippen LogP contribution in [0.4, 0.5) is 0 Å². The maximum atomic E-state index is 10.8. The van der Waals surface area contributed by atoms with Crippen LogP contribution in [0.3, 0.4) is 0 Å². The van der Waals surface area contributed by atoms with Gasteiger partial charge in [-0.25, -0.2) is 4.98 Å². The molecule has 0 spiro atoms. The van der Waals surface area contributed by atoms with Gasteiger partial charge >= 0.3 is 0 Å². The van der Waals surface area contributed by atoms with Gasteiger partial charge in [0.25, 0.3) is 5.89 Å². The Hall–Kier alpha value is -1.50. The fraction of sp³-hybridized carbons (Fsp3) is 0.421. The fourth-order valence-corrected chi connectivity index (χ4v) is 3.16. The first-order valence-electron chi connectivity index (χ1n) is 7.91. The maximum Gasteiger partial charge on any atom is 0.264 e. The Morgan fingerprint density at radius 2 is 1.58 bits per heavy atom. The van der Waals surface area contributed by atoms with Crippen LogP contribution < -0.4 is 0 Å². The summed E-state index contributed by atoms with van der Waals surface area (Å²) in [7, 11) is 0. The third-order valence-corrected chi connectivity index (χ3v) is 4.62. The predicted molar refractivity (Wildman–Crippen MR) is 103 cm³/mol. The molecule has 0 unspecified atom stereocenters. The van der Waals surface area contributed by atoms with Gasteiger partial charge in [0.05, 0.1) is 0 Å². The van der Waals surface area contributed by atoms with E-state index < -0.39 is 0 Å². The van der Waals surface area contributed by atoms with E-state index in [1.54, 1.807) is 0 Å². The lowest BCUT2D eigenvalue weighted by Crippen LogP contribution is -2.17. The van der Waals surface area contributed by atoms with E-state index in [9.17, 15) is 5.11 Å². The summed E-state index contributed by atoms with van der Waals surface area (Å²) in [4.78, 5) is 4.62. The van der Waals surface area contributed by atoms with Gasteiger partial charge in [0.15, 0.2) is 20.9 Å². The highest BCUT2D eigenvalue weighted by atomic mass is 127. The summed E-state index contributed by atoms with van der Waals surface area (Å²) in [5, 5.41) is 10.8. The normalized spacial score (nSPS) is 13.0. The molecule has 4 nitrogen and oxygen atoms in total. The molecule has 2 heterocycles. The van der Waals surface area contributed by atoms with E-state index in [-0.39, 0.29) is 16.6 Å². The third kappa shape index (κ3) is 2.94. The zero-order chi connectivity index (χ0) is 17.9. The molecule has 24 heavy (non-hydrogen) atoms. The van der Waals surface area contributed by atoms with Crippen LogP contribution >= 0.6 is 22.6 Å². The van der Waals surface area contributed by atoms with E-state index in [4.69, 9.17) is 8.83 Å². The van der Waals surface area contributed by atoms with Gasteiger partial charge in [-0.1, -0.05) is 41.5 Å². The average molecular weight is 439 g/mol. The quantitative estimate of drug-likeness (QED) is 0.473. The average Bonchev–Trinajstić information content (AvgIpc) is 3.02. The van der Waals surface area contributed by atoms with Crippen LogP contribution in [0.1, 0.15) is 52.7 Å². The van der Waals surface area contributed by atoms with E-state index in [2.05, 4.69) is 75.2 Å². The summed E-state index contributed by atoms with van der Waals surface area (Å²) < 4.78 is 12.3. The van der Waals surface area contributed by atoms with Gasteiger partial charge in [-0.15, -0.1) is 0 Å². The number of hydrogen-bond donors (Lipinski definition) is 1. The van der Waals surface area contributed by atoms with Crippen LogP contribution in [-0.2, 0) is 10.8 Å². The monoisotopic (exact) mass is 439 g/mol. The molecule has 0 aliphatic heterocycles. The summed E-state index contributed by atoms with van der Waals surface area (Å²) >= 11 is 2.10. The van der Waals surface area contributed by atoms with E-state index >= 15 is 0 Å². The molecule has 0 radical (unpaired) electrons. The summed E-state index contributed by atoms with van der Waals surface area (Å²) in [6.45, 7) is 12.6. The largest absolute Gasteiger partial charge is 0.504 e. The van der Waals surface area contributed by atoms with Gasteiger partial charge in [0.2, 0.25) is 0 Å². The number of furan rings is 1. The molecule has 1 aromatic carbocycles. The highest BCUT2D eigenvalue weighted by Crippen LogP contribution is 2.43. The summed E-state index contributed by atoms with van der Waals surface area (Å²) in [5.74, 6) is 1.11. The number of phenols is 1. The molecule has 0 atom stereocenters. The molecule has 0 saturated carbocycles. The minimum absolute atomic E-state index is 0.127. The van der Waals surface area contributed by atoms with Crippen molar-refractivity contribution >= 4 is 33.7 Å². The van der Waals surface area contributed by atoms with E-state index in [1.807, 2.05) is 12.1 Å². The Labute approximate surface area is 155 Å². The third-order valence-electron chi connectivity index (χ3n) is 4.04. The topological polar surface area (TPSA) is 59.4 Å². The molecular weight excluding hydrogens is 417 g/mol. The SMILES string of the molecule is CC(C)(C)c1cc(C(C)(C)C)c2nc(-c3ccc(I)o3)oc2c1O. The lowest BCUT2D eigenvalue weighted by Gasteiger charge is -2.25. The van der Waals surface area contributed by atoms with Crippen molar-refractivity contribution in [3.05, 3.63) is 33.1 Å². The Kier molecular flexibility index (Phi) is 3.98. The van der Waals surface area contributed by atoms with Crippen molar-refractivity contribution in [2.24, 2.45) is 0 Å². The minimum atomic E-state index is -0.203. The van der Waals surface area contributed by atoms with Crippen molar-refractivity contribution in [2.45, 2.75) is 52.4 Å². The molecule has 0 amide bonds. The van der Waals surface area contributed by atoms with Crippen molar-refractivity contribution in [2.75, 3.05) is 0 Å². The van der Waals surface area contributed by atoms with Crippen LogP contribution in [0.25, 0.3) is 22.8 Å². The first-order chi connectivity index (χ1) is 11.0. The first kappa shape index (κ1) is 17.3. The summed E-state index contributed by atoms with van der Waals surface area (Å²) in [5.41, 5.74) is 2.69. The number of halogens is 1. The lowest BCUT2D eigenvalue weighted by atomic mass is 9.79. The summed E-state index contributed by atoms with van der Waals surface area (Å²) in [6, 6.07) is 5.73. The number of benzene rings is 1. The molecule has 0 aliphatic carbocycles. The van der Waals surface area contributed by atoms with Crippen LogP contribution in [0.15, 0.2) is 27.0 Å². The van der Waals surface area contributed by atoms with Crippen molar-refractivity contribution in [1.29, 1.82) is 0 Å². The fourth-order valence-electron chi connectivity index (χ4n) is 2.74. The molecule has 128 valence electrons. The highest BCUT2D eigenvalue weighted by molar-refractivity contribution is 14.1. The van der Waals surface area contributed by atoms with Crippen LogP contribution in [0.5, 0.6) is 5.75 Å². The van der Waals surface area contributed by atoms with Gasteiger partial charge in [-0.3, -0.25) is 0 Å². The van der Waals surface area contributed by atoms with Crippen LogP contribution in [0.2, 0.25) is 0 Å². The molecule has 3 rings (SSSR count). The van der Waals surface area contributed by atoms with Gasteiger partial charge in [-0.05, 0) is 57.2 Å². The predicted octanol–water partition coefficient (Wildman–Crippen LogP) is 5.99. The Morgan fingerprint density at radius 3 is 2.08 bits per heavy atom. The van der Waals surface area contributed by atoms with E-state index in [0.717, 1.165) is 14.9 Å². The van der Waals surface area contributed by atoms with Gasteiger partial charge in [-0.2, -0.15) is 0 Å². The number of rotatable bonds is 1. The second-order valence-electron chi connectivity index (χ2n) is 8.12. The second-order valence-corrected chi connectivity index (χ2v) is 9.18. The highest BCUT2D eigenvalue weighted by Gasteiger charge is 2.29. The van der Waals surface area contributed by atoms with Crippen LogP contribution in [0, 0.1) is 3.77 Å². The van der Waals surface area contributed by atoms with Gasteiger partial charge < -0.3 is 13.9 Å². The number of nitrogens with zero attached hydrogens (tertiary/aromatic N) is 1. The van der Waals surface area contributed by atoms with Crippen LogP contribution in [-0.4, -0.2) is 10.1 Å². The van der Waals surface area contributed by atoms with E-state index in [0.29, 0.717) is 22.8 Å². The first-order valence-corrected chi connectivity index (χ1v) is 8.99. The second kappa shape index (κ2) is 5.51. The molecule has 5 heteroatoms. The van der Waals surface area contributed by atoms with Crippen molar-refractivity contribution in [3.63, 3.8) is 0 Å². The smallest absolute Gasteiger partial charge is 0.264 e. The standard InChI is InChI=1S/C19H22INO3/c1-18(2,3)10-9-11(19(4,5)6)15(22)16-14(10)21-17(24-16)12-7-8-13(20)23-12/h7-9,22H,1-6H3. The zero-order valence-electron chi connectivity index (χ0n) is 14.8. The lowest BCUT2D eigenvalue weighted by molar-refractivity contribution is 0.437. The minimum Gasteiger partial charge on any atom is -0.504 e. The van der Waals surface area contributed by atoms with Gasteiger partial charge in [0, 0.05) is 5.56 Å². The summed E-state index contributed by atoms with van der Waals surface area (Å²) in [6.07, 6.45) is 0. The number of fused-ring (bicyclic) bond motifs is 1. The van der Waals surface area contributed by atoms with Crippen molar-refractivity contribution in [3.8, 4) is 17.4 Å². The van der Waals surface area contributed by atoms with Gasteiger partial charge in [0.1, 0.15) is 5.52 Å². The molecule has 2 aromatic heterocycles. The molecule has 0 bridgehead atoms. The van der Waals surface area contributed by atoms with Crippen molar-refractivity contribution < 1.29 is 13.9 Å². The Bertz CT molecular complexity index is 907. The number of phenolic OH excluding ortho intramolecular Hbond substituents is 1. The molecule has 3 aromatic rings. The number of oxazole rings is 1. The maximum absolute atomic E-state index is 10.8. The molecule has 1 N–H and O–H groups in total. The van der Waals surface area contributed by atoms with E-state index in [1.165, 1.54) is 0 Å². The zero-order valence-corrected chi connectivity index (χ0v) is 17.0. The Morgan fingerprint density at radius 1 is 0.958 bits per heavy atom. The number of aromatic hydroxyl groups is 1. The van der Waals surface area contributed by atoms with Crippen molar-refractivity contribution in [1.82, 2.24) is 4.98 Å². The number of aromatic nitrogens is 1. The molecule has 0 fully saturated rings. The molecule has 0 saturated heterocycles. The number of hydrogen-bond acceptors (Lipinski definition) is 4. The molecule has 0 aliphatic rings. The molecular formula is C19H22INO3.